The van der Waals surface area contributed by atoms with Crippen molar-refractivity contribution in [2.75, 3.05) is 13.2 Å². The van der Waals surface area contributed by atoms with Gasteiger partial charge in [0.25, 0.3) is 0 Å². The molecule has 1 aromatic rings. The van der Waals surface area contributed by atoms with E-state index in [1.165, 1.54) is 25.7 Å². The second kappa shape index (κ2) is 13.1. The molecular weight excluding hydrogens is 319 g/mol. The topological polar surface area (TPSA) is 18.5 Å². The zero-order valence-electron chi connectivity index (χ0n) is 17.6. The molecule has 2 nitrogen and oxygen atoms in total. The Morgan fingerprint density at radius 2 is 1.23 bits per heavy atom. The van der Waals surface area contributed by atoms with Crippen molar-refractivity contribution in [3.05, 3.63) is 23.8 Å². The second-order valence-electron chi connectivity index (χ2n) is 7.42. The first-order valence-corrected chi connectivity index (χ1v) is 10.8. The van der Waals surface area contributed by atoms with Gasteiger partial charge in [-0.05, 0) is 35.9 Å². The van der Waals surface area contributed by atoms with E-state index in [4.69, 9.17) is 17.3 Å². The lowest BCUT2D eigenvalue weighted by Gasteiger charge is -2.30. The fourth-order valence-electron chi connectivity index (χ4n) is 3.13. The zero-order chi connectivity index (χ0) is 19.3. The van der Waals surface area contributed by atoms with E-state index in [-0.39, 0.29) is 5.31 Å². The minimum atomic E-state index is -0.305. The lowest BCUT2D eigenvalue weighted by Crippen LogP contribution is -2.25. The molecule has 0 amide bonds. The Morgan fingerprint density at radius 1 is 0.731 bits per heavy atom. The number of hydrogen-bond acceptors (Lipinski definition) is 2. The molecule has 1 aromatic carbocycles. The molecule has 3 heteroatoms. The molecular formula is C23H39BO2. The van der Waals surface area contributed by atoms with E-state index in [1.54, 1.807) is 0 Å². The van der Waals surface area contributed by atoms with Crippen molar-refractivity contribution in [1.29, 1.82) is 0 Å². The molecule has 0 heterocycles. The highest BCUT2D eigenvalue weighted by molar-refractivity contribution is 6.16. The summed E-state index contributed by atoms with van der Waals surface area (Å²) in [5, 5.41) is -0.305. The Bertz CT molecular complexity index is 459. The molecule has 0 aliphatic carbocycles. The van der Waals surface area contributed by atoms with Gasteiger partial charge in [-0.15, -0.1) is 0 Å². The molecule has 0 aliphatic heterocycles. The Balaban J connectivity index is 2.93. The highest BCUT2D eigenvalue weighted by Crippen LogP contribution is 2.35. The molecule has 0 bridgehead atoms. The summed E-state index contributed by atoms with van der Waals surface area (Å²) in [6.07, 6.45) is 11.2. The number of rotatable bonds is 15. The maximum atomic E-state index is 6.78. The van der Waals surface area contributed by atoms with Crippen molar-refractivity contribution in [2.45, 2.75) is 97.2 Å². The third-order valence-corrected chi connectivity index (χ3v) is 5.10. The van der Waals surface area contributed by atoms with Crippen LogP contribution >= 0.6 is 0 Å². The molecule has 0 fully saturated rings. The smallest absolute Gasteiger partial charge is 0.123 e. The molecule has 0 saturated carbocycles. The van der Waals surface area contributed by atoms with Crippen LogP contribution in [0.4, 0.5) is 0 Å². The first-order valence-electron chi connectivity index (χ1n) is 10.8. The molecule has 26 heavy (non-hydrogen) atoms. The summed E-state index contributed by atoms with van der Waals surface area (Å²) in [5.41, 5.74) is 1.15. The van der Waals surface area contributed by atoms with Crippen molar-refractivity contribution in [2.24, 2.45) is 0 Å². The van der Waals surface area contributed by atoms with Crippen molar-refractivity contribution in [3.8, 4) is 11.5 Å². The maximum Gasteiger partial charge on any atom is 0.123 e. The molecule has 2 radical (unpaired) electrons. The monoisotopic (exact) mass is 358 g/mol. The first-order chi connectivity index (χ1) is 12.6. The lowest BCUT2D eigenvalue weighted by atomic mass is 9.60. The van der Waals surface area contributed by atoms with Crippen molar-refractivity contribution < 1.29 is 9.47 Å². The SMILES string of the molecule is [B]C(CC)(CCCC)c1cc(OCCCCC)cc(OCCCCC)c1. The fourth-order valence-corrected chi connectivity index (χ4v) is 3.13. The first kappa shape index (κ1) is 22.9. The summed E-state index contributed by atoms with van der Waals surface area (Å²) in [7, 11) is 6.78. The Morgan fingerprint density at radius 3 is 1.65 bits per heavy atom. The van der Waals surface area contributed by atoms with Crippen LogP contribution in [0.25, 0.3) is 0 Å². The quantitative estimate of drug-likeness (QED) is 0.254. The van der Waals surface area contributed by atoms with Crippen molar-refractivity contribution in [1.82, 2.24) is 0 Å². The van der Waals surface area contributed by atoms with Gasteiger partial charge >= 0.3 is 0 Å². The summed E-state index contributed by atoms with van der Waals surface area (Å²) < 4.78 is 12.1. The van der Waals surface area contributed by atoms with Crippen LogP contribution in [0.5, 0.6) is 11.5 Å². The third kappa shape index (κ3) is 8.06. The lowest BCUT2D eigenvalue weighted by molar-refractivity contribution is 0.290. The van der Waals surface area contributed by atoms with E-state index in [0.29, 0.717) is 0 Å². The molecule has 0 aromatic heterocycles. The predicted octanol–water partition coefficient (Wildman–Crippen LogP) is 6.79. The number of ether oxygens (including phenoxy) is 2. The van der Waals surface area contributed by atoms with Gasteiger partial charge in [0.15, 0.2) is 0 Å². The summed E-state index contributed by atoms with van der Waals surface area (Å²) in [6, 6.07) is 6.28. The zero-order valence-corrected chi connectivity index (χ0v) is 17.6. The van der Waals surface area contributed by atoms with Gasteiger partial charge in [-0.25, -0.2) is 0 Å². The summed E-state index contributed by atoms with van der Waals surface area (Å²) in [4.78, 5) is 0. The van der Waals surface area contributed by atoms with E-state index in [0.717, 1.165) is 68.8 Å². The van der Waals surface area contributed by atoms with Crippen LogP contribution in [0.2, 0.25) is 0 Å². The molecule has 146 valence electrons. The highest BCUT2D eigenvalue weighted by Gasteiger charge is 2.24. The molecule has 1 atom stereocenters. The van der Waals surface area contributed by atoms with E-state index < -0.39 is 0 Å². The van der Waals surface area contributed by atoms with Crippen molar-refractivity contribution >= 4 is 7.85 Å². The standard InChI is InChI=1S/C23H39BO2/c1-5-9-12-15-25-21-17-20(23(24,8-4)14-11-7-3)18-22(19-21)26-16-13-10-6-2/h17-19H,5-16H2,1-4H3. The van der Waals surface area contributed by atoms with Crippen molar-refractivity contribution in [3.63, 3.8) is 0 Å². The van der Waals surface area contributed by atoms with Gasteiger partial charge in [-0.1, -0.05) is 79.1 Å². The highest BCUT2D eigenvalue weighted by atomic mass is 16.5. The molecule has 0 saturated heterocycles. The van der Waals surface area contributed by atoms with Crippen LogP contribution in [0.3, 0.4) is 0 Å². The van der Waals surface area contributed by atoms with E-state index in [9.17, 15) is 0 Å². The van der Waals surface area contributed by atoms with Gasteiger partial charge < -0.3 is 9.47 Å². The van der Waals surface area contributed by atoms with Crippen LogP contribution in [0.15, 0.2) is 18.2 Å². The van der Waals surface area contributed by atoms with E-state index >= 15 is 0 Å². The van der Waals surface area contributed by atoms with Crippen LogP contribution < -0.4 is 9.47 Å². The minimum Gasteiger partial charge on any atom is -0.493 e. The molecule has 0 spiro atoms. The minimum absolute atomic E-state index is 0.305. The number of benzene rings is 1. The van der Waals surface area contributed by atoms with Crippen LogP contribution in [0.1, 0.15) is 97.5 Å². The van der Waals surface area contributed by atoms with Crippen LogP contribution in [-0.2, 0) is 5.31 Å². The summed E-state index contributed by atoms with van der Waals surface area (Å²) in [6.45, 7) is 10.3. The molecule has 1 rings (SSSR count). The van der Waals surface area contributed by atoms with Crippen LogP contribution in [-0.4, -0.2) is 21.1 Å². The normalized spacial score (nSPS) is 13.4. The van der Waals surface area contributed by atoms with E-state index in [1.807, 2.05) is 6.07 Å². The summed E-state index contributed by atoms with van der Waals surface area (Å²) >= 11 is 0. The van der Waals surface area contributed by atoms with Gasteiger partial charge in [-0.3, -0.25) is 0 Å². The molecule has 0 N–H and O–H groups in total. The van der Waals surface area contributed by atoms with E-state index in [2.05, 4.69) is 39.8 Å². The van der Waals surface area contributed by atoms with Crippen LogP contribution in [0, 0.1) is 0 Å². The molecule has 1 unspecified atom stereocenters. The predicted molar refractivity (Wildman–Crippen MR) is 114 cm³/mol. The maximum absolute atomic E-state index is 6.78. The third-order valence-electron chi connectivity index (χ3n) is 5.10. The Labute approximate surface area is 163 Å². The number of unbranched alkanes of at least 4 members (excludes halogenated alkanes) is 5. The summed E-state index contributed by atoms with van der Waals surface area (Å²) in [5.74, 6) is 1.78. The largest absolute Gasteiger partial charge is 0.493 e. The van der Waals surface area contributed by atoms with Gasteiger partial charge in [-0.2, -0.15) is 0 Å². The van der Waals surface area contributed by atoms with Gasteiger partial charge in [0, 0.05) is 6.07 Å². The second-order valence-corrected chi connectivity index (χ2v) is 7.42. The molecule has 0 aliphatic rings. The average Bonchev–Trinajstić information content (AvgIpc) is 2.66. The average molecular weight is 358 g/mol. The van der Waals surface area contributed by atoms with Gasteiger partial charge in [0.05, 0.1) is 21.1 Å². The van der Waals surface area contributed by atoms with Gasteiger partial charge in [0.1, 0.15) is 11.5 Å². The number of hydrogen-bond donors (Lipinski definition) is 0. The fraction of sp³-hybridized carbons (Fsp3) is 0.739. The Kier molecular flexibility index (Phi) is 11.6. The Hall–Kier alpha value is -1.12. The van der Waals surface area contributed by atoms with Gasteiger partial charge in [0.2, 0.25) is 0 Å².